The van der Waals surface area contributed by atoms with Gasteiger partial charge in [-0.15, -0.1) is 0 Å². The molecule has 190 valence electrons. The third kappa shape index (κ3) is 5.07. The number of benzene rings is 1. The summed E-state index contributed by atoms with van der Waals surface area (Å²) in [5.74, 6) is 0.193. The number of nitrogens with one attached hydrogen (secondary N) is 1. The zero-order chi connectivity index (χ0) is 25.2. The number of nitrogen functional groups attached to an aromatic ring is 1. The number of nitrogens with two attached hydrogens (primary N) is 1. The van der Waals surface area contributed by atoms with Crippen molar-refractivity contribution in [1.29, 1.82) is 0 Å². The van der Waals surface area contributed by atoms with Crippen LogP contribution in [0.15, 0.2) is 48.7 Å². The number of anilines is 4. The quantitative estimate of drug-likeness (QED) is 0.402. The van der Waals surface area contributed by atoms with Gasteiger partial charge in [0.15, 0.2) is 5.13 Å². The minimum absolute atomic E-state index is 0.249. The lowest BCUT2D eigenvalue weighted by Gasteiger charge is -2.30. The summed E-state index contributed by atoms with van der Waals surface area (Å²) >= 11 is 1.65. The van der Waals surface area contributed by atoms with Crippen LogP contribution < -0.4 is 20.9 Å². The number of nitrogens with zero attached hydrogens (tertiary/aromatic N) is 5. The van der Waals surface area contributed by atoms with Crippen molar-refractivity contribution in [1.82, 2.24) is 15.0 Å². The summed E-state index contributed by atoms with van der Waals surface area (Å²) in [6, 6.07) is 13.2. The Morgan fingerprint density at radius 1 is 0.973 bits per heavy atom. The van der Waals surface area contributed by atoms with Gasteiger partial charge in [0, 0.05) is 37.9 Å². The van der Waals surface area contributed by atoms with Crippen LogP contribution in [0.2, 0.25) is 0 Å². The van der Waals surface area contributed by atoms with E-state index < -0.39 is 0 Å². The highest BCUT2D eigenvalue weighted by atomic mass is 32.1. The molecule has 2 saturated heterocycles. The van der Waals surface area contributed by atoms with Crippen LogP contribution in [0.4, 0.5) is 22.3 Å². The van der Waals surface area contributed by atoms with Crippen LogP contribution in [0.25, 0.3) is 21.5 Å². The topological polar surface area (TPSA) is 110 Å². The van der Waals surface area contributed by atoms with E-state index in [1.807, 2.05) is 18.2 Å². The first-order valence-electron chi connectivity index (χ1n) is 12.7. The van der Waals surface area contributed by atoms with E-state index in [-0.39, 0.29) is 5.91 Å². The summed E-state index contributed by atoms with van der Waals surface area (Å²) in [6.45, 7) is 5.05. The first kappa shape index (κ1) is 23.6. The zero-order valence-electron chi connectivity index (χ0n) is 20.5. The molecule has 3 N–H and O–H groups in total. The lowest BCUT2D eigenvalue weighted by Crippen LogP contribution is -2.36. The normalized spacial score (nSPS) is 16.2. The van der Waals surface area contributed by atoms with E-state index >= 15 is 0 Å². The summed E-state index contributed by atoms with van der Waals surface area (Å²) in [6.07, 6.45) is 5.17. The SMILES string of the molecule is Nc1ccc(-c2cccc(C(=O)Nc3cc4sc(N5CCOCC5)nc4cc3N3CCCCC3)n2)cn1. The Labute approximate surface area is 219 Å². The number of morpholine rings is 1. The Hall–Kier alpha value is -3.76. The van der Waals surface area contributed by atoms with E-state index in [2.05, 4.69) is 37.2 Å². The third-order valence-corrected chi connectivity index (χ3v) is 7.86. The van der Waals surface area contributed by atoms with Crippen molar-refractivity contribution < 1.29 is 9.53 Å². The molecule has 6 rings (SSSR count). The van der Waals surface area contributed by atoms with Gasteiger partial charge in [0.25, 0.3) is 5.91 Å². The number of piperidine rings is 1. The molecule has 0 spiro atoms. The van der Waals surface area contributed by atoms with Crippen molar-refractivity contribution in [3.8, 4) is 11.3 Å². The fourth-order valence-corrected chi connectivity index (χ4v) is 5.84. The van der Waals surface area contributed by atoms with E-state index in [4.69, 9.17) is 15.5 Å². The van der Waals surface area contributed by atoms with Crippen molar-refractivity contribution >= 4 is 49.8 Å². The highest BCUT2D eigenvalue weighted by Gasteiger charge is 2.21. The van der Waals surface area contributed by atoms with Gasteiger partial charge < -0.3 is 25.6 Å². The molecule has 0 bridgehead atoms. The van der Waals surface area contributed by atoms with Crippen LogP contribution in [0.3, 0.4) is 0 Å². The molecule has 2 aliphatic rings. The number of rotatable bonds is 5. The van der Waals surface area contributed by atoms with Gasteiger partial charge in [-0.25, -0.2) is 15.0 Å². The van der Waals surface area contributed by atoms with Gasteiger partial charge in [-0.2, -0.15) is 0 Å². The van der Waals surface area contributed by atoms with Crippen molar-refractivity contribution in [2.45, 2.75) is 19.3 Å². The van der Waals surface area contributed by atoms with Crippen LogP contribution in [-0.2, 0) is 4.74 Å². The minimum Gasteiger partial charge on any atom is -0.384 e. The van der Waals surface area contributed by atoms with Crippen molar-refractivity contribution in [3.63, 3.8) is 0 Å². The van der Waals surface area contributed by atoms with Gasteiger partial charge in [0.1, 0.15) is 11.5 Å². The Kier molecular flexibility index (Phi) is 6.58. The van der Waals surface area contributed by atoms with E-state index in [9.17, 15) is 4.79 Å². The number of carbonyl (C=O) groups excluding carboxylic acids is 1. The van der Waals surface area contributed by atoms with Crippen LogP contribution in [0, 0.1) is 0 Å². The van der Waals surface area contributed by atoms with Gasteiger partial charge in [-0.05, 0) is 55.7 Å². The number of fused-ring (bicyclic) bond motifs is 1. The summed E-state index contributed by atoms with van der Waals surface area (Å²) in [7, 11) is 0. The Bertz CT molecular complexity index is 1410. The zero-order valence-corrected chi connectivity index (χ0v) is 21.3. The minimum atomic E-state index is -0.249. The van der Waals surface area contributed by atoms with Gasteiger partial charge in [-0.1, -0.05) is 17.4 Å². The molecule has 0 radical (unpaired) electrons. The summed E-state index contributed by atoms with van der Waals surface area (Å²) in [5.41, 5.74) is 10.3. The number of ether oxygens (including phenoxy) is 1. The molecule has 3 aromatic heterocycles. The molecule has 0 aliphatic carbocycles. The third-order valence-electron chi connectivity index (χ3n) is 6.79. The summed E-state index contributed by atoms with van der Waals surface area (Å²) < 4.78 is 6.55. The Morgan fingerprint density at radius 3 is 2.59 bits per heavy atom. The number of carbonyl (C=O) groups is 1. The van der Waals surface area contributed by atoms with Gasteiger partial charge in [0.2, 0.25) is 0 Å². The molecule has 5 heterocycles. The maximum atomic E-state index is 13.4. The maximum absolute atomic E-state index is 13.4. The van der Waals surface area contributed by atoms with Crippen LogP contribution in [-0.4, -0.2) is 60.3 Å². The van der Waals surface area contributed by atoms with Crippen molar-refractivity contribution in [3.05, 3.63) is 54.4 Å². The predicted octanol–water partition coefficient (Wildman–Crippen LogP) is 4.41. The fraction of sp³-hybridized carbons (Fsp3) is 0.333. The van der Waals surface area contributed by atoms with E-state index in [0.717, 1.165) is 84.5 Å². The molecule has 37 heavy (non-hydrogen) atoms. The smallest absolute Gasteiger partial charge is 0.274 e. The standard InChI is InChI=1S/C27H29N7O2S/c28-25-8-7-18(17-29-25)19-5-4-6-20(30-19)26(35)31-21-16-24-22(15-23(21)33-9-2-1-3-10-33)32-27(37-24)34-11-13-36-14-12-34/h4-8,15-17H,1-3,9-14H2,(H2,28,29)(H,31,35). The maximum Gasteiger partial charge on any atom is 0.274 e. The molecule has 1 amide bonds. The van der Waals surface area contributed by atoms with Gasteiger partial charge in [-0.3, -0.25) is 4.79 Å². The number of aromatic nitrogens is 3. The number of amides is 1. The van der Waals surface area contributed by atoms with Gasteiger partial charge >= 0.3 is 0 Å². The molecule has 9 nitrogen and oxygen atoms in total. The predicted molar refractivity (Wildman–Crippen MR) is 149 cm³/mol. The van der Waals surface area contributed by atoms with Crippen LogP contribution in [0.5, 0.6) is 0 Å². The Balaban J connectivity index is 1.32. The Morgan fingerprint density at radius 2 is 1.81 bits per heavy atom. The molecular formula is C27H29N7O2S. The van der Waals surface area contributed by atoms with Crippen molar-refractivity contribution in [2.24, 2.45) is 0 Å². The number of hydrogen-bond acceptors (Lipinski definition) is 9. The second kappa shape index (κ2) is 10.3. The molecule has 4 aromatic rings. The summed E-state index contributed by atoms with van der Waals surface area (Å²) in [5, 5.41) is 4.16. The van der Waals surface area contributed by atoms with E-state index in [1.165, 1.54) is 6.42 Å². The molecule has 10 heteroatoms. The molecule has 2 aliphatic heterocycles. The second-order valence-electron chi connectivity index (χ2n) is 9.31. The molecule has 0 unspecified atom stereocenters. The molecule has 0 saturated carbocycles. The van der Waals surface area contributed by atoms with Crippen LogP contribution in [0.1, 0.15) is 29.8 Å². The first-order chi connectivity index (χ1) is 18.1. The largest absolute Gasteiger partial charge is 0.384 e. The van der Waals surface area contributed by atoms with Gasteiger partial charge in [0.05, 0.1) is 40.5 Å². The average Bonchev–Trinajstić information content (AvgIpc) is 3.37. The second-order valence-corrected chi connectivity index (χ2v) is 10.3. The number of pyridine rings is 2. The lowest BCUT2D eigenvalue weighted by atomic mass is 10.1. The van der Waals surface area contributed by atoms with Crippen molar-refractivity contribution in [2.75, 3.05) is 60.2 Å². The van der Waals surface area contributed by atoms with E-state index in [1.54, 1.807) is 29.7 Å². The van der Waals surface area contributed by atoms with Crippen LogP contribution >= 0.6 is 11.3 Å². The summed E-state index contributed by atoms with van der Waals surface area (Å²) in [4.78, 5) is 31.7. The molecule has 0 atom stereocenters. The monoisotopic (exact) mass is 515 g/mol. The van der Waals surface area contributed by atoms with E-state index in [0.29, 0.717) is 17.2 Å². The number of thiazole rings is 1. The molecular weight excluding hydrogens is 486 g/mol. The highest BCUT2D eigenvalue weighted by Crippen LogP contribution is 2.38. The molecule has 2 fully saturated rings. The first-order valence-corrected chi connectivity index (χ1v) is 13.5. The highest BCUT2D eigenvalue weighted by molar-refractivity contribution is 7.22. The fourth-order valence-electron chi connectivity index (χ4n) is 4.80. The average molecular weight is 516 g/mol. The number of hydrogen-bond donors (Lipinski definition) is 2. The lowest BCUT2D eigenvalue weighted by molar-refractivity contribution is 0.102. The molecule has 1 aromatic carbocycles.